The first-order valence-corrected chi connectivity index (χ1v) is 7.77. The maximum atomic E-state index is 10.0. The predicted molar refractivity (Wildman–Crippen MR) is 83.9 cm³/mol. The molecule has 1 fully saturated rings. The van der Waals surface area contributed by atoms with Crippen LogP contribution in [0.15, 0.2) is 18.2 Å². The van der Waals surface area contributed by atoms with Gasteiger partial charge in [0.1, 0.15) is 18.5 Å². The predicted octanol–water partition coefficient (Wildman–Crippen LogP) is 2.20. The first kappa shape index (κ1) is 16.3. The third kappa shape index (κ3) is 5.30. The van der Waals surface area contributed by atoms with Gasteiger partial charge in [-0.15, -0.1) is 0 Å². The van der Waals surface area contributed by atoms with E-state index in [0.717, 1.165) is 30.8 Å². The van der Waals surface area contributed by atoms with Gasteiger partial charge in [0.15, 0.2) is 0 Å². The minimum atomic E-state index is -0.496. The molecule has 118 valence electrons. The molecule has 4 nitrogen and oxygen atoms in total. The second kappa shape index (κ2) is 7.78. The molecule has 1 aromatic rings. The summed E-state index contributed by atoms with van der Waals surface area (Å²) in [6.45, 7) is 7.85. The standard InChI is InChI=1S/C17H27NO3/c1-12-4-5-17(13(2)8-12)21-11-16(19)10-18-15-6-7-20-14(3)9-15/h4-5,8,14-16,18-19H,6-7,9-11H2,1-3H3. The van der Waals surface area contributed by atoms with E-state index in [0.29, 0.717) is 25.3 Å². The fourth-order valence-electron chi connectivity index (χ4n) is 2.69. The molecule has 4 heteroatoms. The lowest BCUT2D eigenvalue weighted by atomic mass is 10.0. The van der Waals surface area contributed by atoms with Gasteiger partial charge in [0, 0.05) is 19.2 Å². The molecule has 1 saturated heterocycles. The molecule has 0 spiro atoms. The number of nitrogens with one attached hydrogen (secondary N) is 1. The van der Waals surface area contributed by atoms with E-state index in [1.165, 1.54) is 5.56 Å². The largest absolute Gasteiger partial charge is 0.491 e. The monoisotopic (exact) mass is 293 g/mol. The van der Waals surface area contributed by atoms with E-state index in [4.69, 9.17) is 9.47 Å². The van der Waals surface area contributed by atoms with Crippen LogP contribution in [0, 0.1) is 13.8 Å². The quantitative estimate of drug-likeness (QED) is 0.844. The summed E-state index contributed by atoms with van der Waals surface area (Å²) in [6, 6.07) is 6.51. The second-order valence-electron chi connectivity index (χ2n) is 6.04. The van der Waals surface area contributed by atoms with Crippen molar-refractivity contribution in [2.45, 2.75) is 51.9 Å². The molecule has 0 saturated carbocycles. The van der Waals surface area contributed by atoms with E-state index < -0.39 is 6.10 Å². The van der Waals surface area contributed by atoms with Crippen LogP contribution in [0.2, 0.25) is 0 Å². The number of hydrogen-bond acceptors (Lipinski definition) is 4. The minimum absolute atomic E-state index is 0.305. The zero-order valence-corrected chi connectivity index (χ0v) is 13.3. The Morgan fingerprint density at radius 2 is 2.24 bits per heavy atom. The lowest BCUT2D eigenvalue weighted by Crippen LogP contribution is -2.42. The van der Waals surface area contributed by atoms with Crippen molar-refractivity contribution in [2.75, 3.05) is 19.8 Å². The van der Waals surface area contributed by atoms with Crippen molar-refractivity contribution in [3.8, 4) is 5.75 Å². The molecule has 0 radical (unpaired) electrons. The summed E-state index contributed by atoms with van der Waals surface area (Å²) in [5.41, 5.74) is 2.32. The third-order valence-corrected chi connectivity index (χ3v) is 3.89. The average Bonchev–Trinajstić information content (AvgIpc) is 2.44. The van der Waals surface area contributed by atoms with Crippen molar-refractivity contribution in [3.63, 3.8) is 0 Å². The zero-order valence-electron chi connectivity index (χ0n) is 13.3. The smallest absolute Gasteiger partial charge is 0.122 e. The van der Waals surface area contributed by atoms with Crippen molar-refractivity contribution < 1.29 is 14.6 Å². The summed E-state index contributed by atoms with van der Waals surface area (Å²) in [5, 5.41) is 13.4. The summed E-state index contributed by atoms with van der Waals surface area (Å²) in [4.78, 5) is 0. The Bertz CT molecular complexity index is 450. The number of aliphatic hydroxyl groups excluding tert-OH is 1. The normalized spacial score (nSPS) is 23.8. The maximum Gasteiger partial charge on any atom is 0.122 e. The molecule has 2 rings (SSSR count). The van der Waals surface area contributed by atoms with E-state index in [1.54, 1.807) is 0 Å². The molecule has 1 heterocycles. The van der Waals surface area contributed by atoms with Gasteiger partial charge in [0.2, 0.25) is 0 Å². The molecule has 3 atom stereocenters. The van der Waals surface area contributed by atoms with Crippen LogP contribution in [0.4, 0.5) is 0 Å². The highest BCUT2D eigenvalue weighted by Gasteiger charge is 2.19. The molecular formula is C17H27NO3. The van der Waals surface area contributed by atoms with Gasteiger partial charge >= 0.3 is 0 Å². The molecule has 3 unspecified atom stereocenters. The number of aliphatic hydroxyl groups is 1. The maximum absolute atomic E-state index is 10.0. The molecule has 21 heavy (non-hydrogen) atoms. The SMILES string of the molecule is Cc1ccc(OCC(O)CNC2CCOC(C)C2)c(C)c1. The topological polar surface area (TPSA) is 50.7 Å². The van der Waals surface area contributed by atoms with Gasteiger partial charge in [-0.3, -0.25) is 0 Å². The minimum Gasteiger partial charge on any atom is -0.491 e. The number of aryl methyl sites for hydroxylation is 2. The number of rotatable bonds is 6. The first-order valence-electron chi connectivity index (χ1n) is 7.77. The van der Waals surface area contributed by atoms with E-state index in [9.17, 15) is 5.11 Å². The first-order chi connectivity index (χ1) is 10.0. The van der Waals surface area contributed by atoms with Crippen LogP contribution in [0.25, 0.3) is 0 Å². The third-order valence-electron chi connectivity index (χ3n) is 3.89. The van der Waals surface area contributed by atoms with Gasteiger partial charge in [-0.1, -0.05) is 17.7 Å². The van der Waals surface area contributed by atoms with Crippen LogP contribution in [0.5, 0.6) is 5.75 Å². The van der Waals surface area contributed by atoms with Gasteiger partial charge in [-0.25, -0.2) is 0 Å². The Labute approximate surface area is 127 Å². The Morgan fingerprint density at radius 3 is 2.95 bits per heavy atom. The highest BCUT2D eigenvalue weighted by molar-refractivity contribution is 5.35. The van der Waals surface area contributed by atoms with Crippen LogP contribution in [0.1, 0.15) is 30.9 Å². The molecule has 0 bridgehead atoms. The van der Waals surface area contributed by atoms with E-state index >= 15 is 0 Å². The number of hydrogen-bond donors (Lipinski definition) is 2. The Morgan fingerprint density at radius 1 is 1.43 bits per heavy atom. The van der Waals surface area contributed by atoms with Gasteiger partial charge in [0.05, 0.1) is 6.10 Å². The molecule has 0 aromatic heterocycles. The Balaban J connectivity index is 1.70. The lowest BCUT2D eigenvalue weighted by molar-refractivity contribution is 0.00965. The fourth-order valence-corrected chi connectivity index (χ4v) is 2.69. The molecule has 1 aliphatic rings. The van der Waals surface area contributed by atoms with Crippen LogP contribution in [-0.2, 0) is 4.74 Å². The fraction of sp³-hybridized carbons (Fsp3) is 0.647. The Kier molecular flexibility index (Phi) is 6.03. The average molecular weight is 293 g/mol. The second-order valence-corrected chi connectivity index (χ2v) is 6.04. The van der Waals surface area contributed by atoms with Crippen molar-refractivity contribution in [1.82, 2.24) is 5.32 Å². The van der Waals surface area contributed by atoms with Gasteiger partial charge in [-0.05, 0) is 45.2 Å². The van der Waals surface area contributed by atoms with Crippen molar-refractivity contribution in [2.24, 2.45) is 0 Å². The molecule has 1 aromatic carbocycles. The van der Waals surface area contributed by atoms with Crippen LogP contribution >= 0.6 is 0 Å². The number of benzene rings is 1. The van der Waals surface area contributed by atoms with Crippen LogP contribution in [0.3, 0.4) is 0 Å². The summed E-state index contributed by atoms with van der Waals surface area (Å²) in [7, 11) is 0. The molecule has 0 amide bonds. The lowest BCUT2D eigenvalue weighted by Gasteiger charge is -2.28. The molecule has 0 aliphatic carbocycles. The van der Waals surface area contributed by atoms with E-state index in [2.05, 4.69) is 25.2 Å². The van der Waals surface area contributed by atoms with Crippen LogP contribution in [-0.4, -0.2) is 43.1 Å². The van der Waals surface area contributed by atoms with Gasteiger partial charge in [-0.2, -0.15) is 0 Å². The van der Waals surface area contributed by atoms with E-state index in [-0.39, 0.29) is 0 Å². The summed E-state index contributed by atoms with van der Waals surface area (Å²) in [5.74, 6) is 0.847. The zero-order chi connectivity index (χ0) is 15.2. The van der Waals surface area contributed by atoms with Gasteiger partial charge < -0.3 is 19.9 Å². The molecule has 1 aliphatic heterocycles. The summed E-state index contributed by atoms with van der Waals surface area (Å²) in [6.07, 6.45) is 1.82. The van der Waals surface area contributed by atoms with Crippen molar-refractivity contribution in [1.29, 1.82) is 0 Å². The van der Waals surface area contributed by atoms with E-state index in [1.807, 2.05) is 19.1 Å². The van der Waals surface area contributed by atoms with Crippen molar-refractivity contribution in [3.05, 3.63) is 29.3 Å². The van der Waals surface area contributed by atoms with Gasteiger partial charge in [0.25, 0.3) is 0 Å². The number of ether oxygens (including phenoxy) is 2. The van der Waals surface area contributed by atoms with Crippen molar-refractivity contribution >= 4 is 0 Å². The molecular weight excluding hydrogens is 266 g/mol. The Hall–Kier alpha value is -1.10. The highest BCUT2D eigenvalue weighted by Crippen LogP contribution is 2.19. The summed E-state index contributed by atoms with van der Waals surface area (Å²) < 4.78 is 11.2. The van der Waals surface area contributed by atoms with Crippen LogP contribution < -0.4 is 10.1 Å². The molecule has 2 N–H and O–H groups in total. The highest BCUT2D eigenvalue weighted by atomic mass is 16.5. The summed E-state index contributed by atoms with van der Waals surface area (Å²) >= 11 is 0.